The summed E-state index contributed by atoms with van der Waals surface area (Å²) in [5, 5.41) is 20.8. The van der Waals surface area contributed by atoms with Crippen LogP contribution >= 0.6 is 15.6 Å². The van der Waals surface area contributed by atoms with Crippen molar-refractivity contribution >= 4 is 33.6 Å². The minimum atomic E-state index is -4.95. The van der Waals surface area contributed by atoms with Gasteiger partial charge in [0.2, 0.25) is 0 Å². The fraction of sp³-hybridized carbons (Fsp3) is 0.708. The molecular weight excluding hydrogens is 1680 g/mol. The van der Waals surface area contributed by atoms with Gasteiger partial charge in [-0.15, -0.1) is 0 Å². The third-order valence-electron chi connectivity index (χ3n) is 22.6. The zero-order valence-electron chi connectivity index (χ0n) is 83.5. The highest BCUT2D eigenvalue weighted by atomic mass is 31.2. The van der Waals surface area contributed by atoms with Crippen LogP contribution in [0.2, 0.25) is 0 Å². The van der Waals surface area contributed by atoms with E-state index in [9.17, 15) is 43.5 Å². The van der Waals surface area contributed by atoms with Crippen LogP contribution in [-0.4, -0.2) is 95.9 Å². The summed E-state index contributed by atoms with van der Waals surface area (Å²) in [6.07, 6.45) is 138. The molecule has 0 bridgehead atoms. The summed E-state index contributed by atoms with van der Waals surface area (Å²) in [4.78, 5) is 59.3. The number of carbonyl (C=O) groups is 3. The lowest BCUT2D eigenvalue weighted by atomic mass is 10.0. The van der Waals surface area contributed by atoms with Gasteiger partial charge in [0.1, 0.15) is 25.4 Å². The summed E-state index contributed by atoms with van der Waals surface area (Å²) in [5.41, 5.74) is 0. The minimum absolute atomic E-state index is 0.0909. The van der Waals surface area contributed by atoms with Crippen molar-refractivity contribution in [2.75, 3.05) is 39.6 Å². The van der Waals surface area contributed by atoms with Gasteiger partial charge >= 0.3 is 33.6 Å². The largest absolute Gasteiger partial charge is 0.472 e. The maximum Gasteiger partial charge on any atom is 0.472 e. The van der Waals surface area contributed by atoms with Gasteiger partial charge in [0.15, 0.2) is 6.10 Å². The maximum absolute atomic E-state index is 13.1. The van der Waals surface area contributed by atoms with Crippen molar-refractivity contribution in [1.29, 1.82) is 0 Å². The molecular formula is C113H194O16P2. The number of hydrogen-bond acceptors (Lipinski definition) is 14. The second-order valence-corrected chi connectivity index (χ2v) is 38.2. The fourth-order valence-corrected chi connectivity index (χ4v) is 16.2. The van der Waals surface area contributed by atoms with Crippen LogP contribution in [0.3, 0.4) is 0 Å². The molecule has 0 aliphatic carbocycles. The van der Waals surface area contributed by atoms with Gasteiger partial charge in [-0.2, -0.15) is 0 Å². The van der Waals surface area contributed by atoms with Crippen LogP contribution in [0.1, 0.15) is 457 Å². The van der Waals surface area contributed by atoms with Gasteiger partial charge in [-0.25, -0.2) is 9.13 Å². The number of ether oxygens (including phenoxy) is 3. The molecule has 0 aliphatic heterocycles. The lowest BCUT2D eigenvalue weighted by Crippen LogP contribution is -2.30. The number of esters is 3. The Kier molecular flexibility index (Phi) is 99.3. The molecule has 0 amide bonds. The van der Waals surface area contributed by atoms with E-state index in [1.807, 2.05) is 0 Å². The zero-order chi connectivity index (χ0) is 95.0. The highest BCUT2D eigenvalue weighted by Gasteiger charge is 2.30. The second kappa shape index (κ2) is 104. The Morgan fingerprint density at radius 3 is 0.641 bits per heavy atom. The third-order valence-corrected chi connectivity index (χ3v) is 24.5. The van der Waals surface area contributed by atoms with E-state index >= 15 is 0 Å². The Morgan fingerprint density at radius 2 is 0.405 bits per heavy atom. The van der Waals surface area contributed by atoms with E-state index in [-0.39, 0.29) is 19.3 Å². The van der Waals surface area contributed by atoms with Crippen molar-refractivity contribution in [2.24, 2.45) is 0 Å². The SMILES string of the molecule is CC/C=C\C/C=C\C/C=C\C/C=C\C/C=C\C/C=C\CCCCCCCCCCC(=O)OC(COC(=O)CCCCCCCCCCCCCCCCCCC/C=C\C/C=C\C/C=C\C/C=C\C/C=C\CC)COP(=O)(O)OCC(O)COP(=O)(O)OCC(O)COC(=O)CCCCCCCCCCCCCCCCCCCCC/C=C\C/C=C\C/C=C\C/C=C\CCCCC. The number of rotatable bonds is 100. The van der Waals surface area contributed by atoms with Gasteiger partial charge in [-0.05, 0) is 161 Å². The molecule has 0 rings (SSSR count). The van der Waals surface area contributed by atoms with Gasteiger partial charge in [-0.3, -0.25) is 32.5 Å². The van der Waals surface area contributed by atoms with Gasteiger partial charge in [-0.1, -0.05) is 460 Å². The van der Waals surface area contributed by atoms with Crippen LogP contribution in [-0.2, 0) is 55.8 Å². The van der Waals surface area contributed by atoms with Gasteiger partial charge in [0.05, 0.1) is 26.4 Å². The molecule has 752 valence electrons. The van der Waals surface area contributed by atoms with Crippen molar-refractivity contribution in [3.8, 4) is 0 Å². The number of aliphatic hydroxyl groups is 2. The summed E-state index contributed by atoms with van der Waals surface area (Å²) >= 11 is 0. The molecule has 0 aromatic carbocycles. The monoisotopic (exact) mass is 1870 g/mol. The van der Waals surface area contributed by atoms with E-state index in [0.717, 1.165) is 173 Å². The van der Waals surface area contributed by atoms with Crippen molar-refractivity contribution < 1.29 is 75.8 Å². The lowest BCUT2D eigenvalue weighted by molar-refractivity contribution is -0.161. The van der Waals surface area contributed by atoms with Crippen LogP contribution in [0.25, 0.3) is 0 Å². The molecule has 0 heterocycles. The van der Waals surface area contributed by atoms with Crippen LogP contribution < -0.4 is 0 Å². The van der Waals surface area contributed by atoms with E-state index in [1.165, 1.54) is 225 Å². The molecule has 18 heteroatoms. The summed E-state index contributed by atoms with van der Waals surface area (Å²) < 4.78 is 61.7. The number of allylic oxidation sites excluding steroid dienone is 30. The molecule has 131 heavy (non-hydrogen) atoms. The van der Waals surface area contributed by atoms with E-state index in [4.69, 9.17) is 32.3 Å². The predicted molar refractivity (Wildman–Crippen MR) is 555 cm³/mol. The lowest BCUT2D eigenvalue weighted by Gasteiger charge is -2.21. The smallest absolute Gasteiger partial charge is 0.463 e. The molecule has 0 radical (unpaired) electrons. The number of hydrogen-bond donors (Lipinski definition) is 4. The van der Waals surface area contributed by atoms with Crippen LogP contribution in [0.15, 0.2) is 182 Å². The summed E-state index contributed by atoms with van der Waals surface area (Å²) in [6, 6.07) is 0. The maximum atomic E-state index is 13.1. The molecule has 16 nitrogen and oxygen atoms in total. The minimum Gasteiger partial charge on any atom is -0.463 e. The van der Waals surface area contributed by atoms with E-state index in [1.54, 1.807) is 0 Å². The van der Waals surface area contributed by atoms with Crippen molar-refractivity contribution in [3.05, 3.63) is 182 Å². The molecule has 0 aromatic heterocycles. The molecule has 0 fully saturated rings. The predicted octanol–water partition coefficient (Wildman–Crippen LogP) is 33.9. The molecule has 5 unspecified atom stereocenters. The molecule has 5 atom stereocenters. The number of carbonyl (C=O) groups excluding carboxylic acids is 3. The highest BCUT2D eigenvalue weighted by molar-refractivity contribution is 7.47. The zero-order valence-corrected chi connectivity index (χ0v) is 85.2. The Bertz CT molecular complexity index is 3110. The molecule has 0 spiro atoms. The quantitative estimate of drug-likeness (QED) is 0.0146. The first kappa shape index (κ1) is 126. The van der Waals surface area contributed by atoms with E-state index < -0.39 is 91.5 Å². The number of aliphatic hydroxyl groups excluding tert-OH is 2. The Balaban J connectivity index is 4.58. The molecule has 4 N–H and O–H groups in total. The third kappa shape index (κ3) is 105. The van der Waals surface area contributed by atoms with Gasteiger partial charge in [0.25, 0.3) is 0 Å². The van der Waals surface area contributed by atoms with Gasteiger partial charge < -0.3 is 34.2 Å². The number of unbranched alkanes of at least 4 members (excludes halogenated alkanes) is 47. The van der Waals surface area contributed by atoms with Crippen molar-refractivity contribution in [2.45, 2.75) is 476 Å². The first-order valence-electron chi connectivity index (χ1n) is 53.1. The summed E-state index contributed by atoms with van der Waals surface area (Å²) in [6.45, 7) is 2.50. The first-order chi connectivity index (χ1) is 64.2. The highest BCUT2D eigenvalue weighted by Crippen LogP contribution is 2.45. The van der Waals surface area contributed by atoms with E-state index in [0.29, 0.717) is 19.3 Å². The van der Waals surface area contributed by atoms with Crippen molar-refractivity contribution in [1.82, 2.24) is 0 Å². The second-order valence-electron chi connectivity index (χ2n) is 35.3. The van der Waals surface area contributed by atoms with Gasteiger partial charge in [0, 0.05) is 19.3 Å². The average molecular weight is 1870 g/mol. The summed E-state index contributed by atoms with van der Waals surface area (Å²) in [5.74, 6) is -1.57. The van der Waals surface area contributed by atoms with Crippen LogP contribution in [0.4, 0.5) is 0 Å². The standard InChI is InChI=1S/C113H194O16P2/c1-4-7-10-13-16-19-22-25-28-31-34-37-40-43-46-48-50-52-53-55-57-58-61-63-66-69-72-75-78-81-84-87-90-93-96-99-111(116)123-102-108(114)103-125-130(119,120)126-104-109(115)105-127-131(121,122)128-107-110(129-113(118)101-98-95-92-89-86-83-80-77-74-71-68-65-60-45-42-39-36-33-30-27-24-21-18-15-12-9-6-3)106-124-112(117)100-97-94-91-88-85-82-79-76-73-70-67-64-62-59-56-54-51-49-47-44-41-38-35-32-29-26-23-20-17-14-11-8-5-2/h8-9,11-12,16-21,25-30,34-39,43-47,60,68,71,108-110,114-115H,4-7,10,13-15,22-24,31-33,40-42,48-59,61-67,69-70,72-107H2,1-3H3,(H,119,120)(H,121,122)/b11-8-,12-9-,19-16-,20-17-,21-18-,28-25-,29-26-,30-27-,37-34-,38-35-,39-36-,46-43-,47-44-,60-45-,71-68-. The molecule has 0 aliphatic rings. The fourth-order valence-electron chi connectivity index (χ4n) is 14.7. The first-order valence-corrected chi connectivity index (χ1v) is 56.1. The average Bonchev–Trinajstić information content (AvgIpc) is 0.897. The molecule has 0 saturated heterocycles. The van der Waals surface area contributed by atoms with Crippen LogP contribution in [0, 0.1) is 0 Å². The molecule has 0 aromatic rings. The molecule has 0 saturated carbocycles. The number of phosphoric ester groups is 2. The summed E-state index contributed by atoms with van der Waals surface area (Å²) in [7, 11) is -9.82. The Hall–Kier alpha value is -5.35. The van der Waals surface area contributed by atoms with Crippen LogP contribution in [0.5, 0.6) is 0 Å². The topological polar surface area (TPSA) is 231 Å². The van der Waals surface area contributed by atoms with E-state index in [2.05, 4.69) is 203 Å². The Labute approximate surface area is 802 Å². The van der Waals surface area contributed by atoms with Crippen molar-refractivity contribution in [3.63, 3.8) is 0 Å². The Morgan fingerprint density at radius 1 is 0.221 bits per heavy atom. The number of phosphoric acid groups is 2. The normalized spacial score (nSPS) is 14.3.